The molecule has 0 aliphatic carbocycles. The molecule has 0 spiro atoms. The van der Waals surface area contributed by atoms with Gasteiger partial charge in [0.25, 0.3) is 0 Å². The Balaban J connectivity index is -0.0000000492. The Morgan fingerprint density at radius 2 is 0.947 bits per heavy atom. The minimum absolute atomic E-state index is 0. The molecule has 2 unspecified atom stereocenters. The monoisotopic (exact) mass is 354 g/mol. The number of aliphatic hydroxyl groups is 2. The third-order valence-corrected chi connectivity index (χ3v) is 0.682. The fraction of sp³-hybridized carbons (Fsp3) is 0.667. The molecule has 0 radical (unpaired) electrons. The topological polar surface area (TPSA) is 201 Å². The van der Waals surface area contributed by atoms with Crippen molar-refractivity contribution in [1.29, 1.82) is 0 Å². The maximum Gasteiger partial charge on any atom is 2.00 e. The van der Waals surface area contributed by atoms with Crippen LogP contribution >= 0.6 is 0 Å². The van der Waals surface area contributed by atoms with Crippen molar-refractivity contribution >= 4 is 97.8 Å². The summed E-state index contributed by atoms with van der Waals surface area (Å²) in [4.78, 5) is 18.7. The van der Waals surface area contributed by atoms with Gasteiger partial charge in [-0.15, -0.1) is 0 Å². The number of carboxylic acid groups (broad SMARTS) is 2. The maximum atomic E-state index is 9.34. The summed E-state index contributed by atoms with van der Waals surface area (Å²) >= 11 is 0. The molecular formula is C6H10Ca2O10S. The van der Waals surface area contributed by atoms with Gasteiger partial charge in [-0.25, -0.2) is 0 Å². The second kappa shape index (κ2) is 17.3. The zero-order valence-corrected chi connectivity index (χ0v) is 15.4. The maximum absolute atomic E-state index is 9.34. The van der Waals surface area contributed by atoms with Crippen LogP contribution in [-0.2, 0) is 20.0 Å². The molecule has 13 heteroatoms. The summed E-state index contributed by atoms with van der Waals surface area (Å²) in [6.45, 7) is 2.27. The minimum atomic E-state index is -5.17. The Bertz CT molecular complexity index is 299. The van der Waals surface area contributed by atoms with E-state index in [-0.39, 0.29) is 75.5 Å². The first-order valence-electron chi connectivity index (χ1n) is 3.73. The molecule has 19 heavy (non-hydrogen) atoms. The van der Waals surface area contributed by atoms with Crippen molar-refractivity contribution in [1.82, 2.24) is 0 Å². The Hall–Kier alpha value is 1.25. The van der Waals surface area contributed by atoms with Crippen LogP contribution in [-0.4, -0.2) is 127 Å². The van der Waals surface area contributed by atoms with Gasteiger partial charge < -0.3 is 39.1 Å². The van der Waals surface area contributed by atoms with E-state index in [1.54, 1.807) is 0 Å². The first kappa shape index (κ1) is 32.3. The summed E-state index contributed by atoms with van der Waals surface area (Å²) in [7, 11) is -5.17. The van der Waals surface area contributed by atoms with Gasteiger partial charge in [0.1, 0.15) is 0 Å². The van der Waals surface area contributed by atoms with Gasteiger partial charge in [0.15, 0.2) is 0 Å². The van der Waals surface area contributed by atoms with Gasteiger partial charge in [0, 0.05) is 10.4 Å². The van der Waals surface area contributed by atoms with E-state index in [4.69, 9.17) is 27.7 Å². The molecule has 0 aliphatic heterocycles. The van der Waals surface area contributed by atoms with Crippen LogP contribution in [0.5, 0.6) is 0 Å². The second-order valence-corrected chi connectivity index (χ2v) is 3.21. The van der Waals surface area contributed by atoms with Crippen molar-refractivity contribution in [3.63, 3.8) is 0 Å². The molecule has 104 valence electrons. The SMILES string of the molecule is CC(O)C(=O)[O-].CC(O)C(=O)[O-].O=S(=O)([O-])[O-].[Ca+2].[Ca+2]. The molecule has 0 fully saturated rings. The van der Waals surface area contributed by atoms with Crippen molar-refractivity contribution in [2.75, 3.05) is 0 Å². The zero-order chi connectivity index (χ0) is 14.8. The smallest absolute Gasteiger partial charge is 0.759 e. The van der Waals surface area contributed by atoms with Crippen LogP contribution in [0.15, 0.2) is 0 Å². The third kappa shape index (κ3) is 66.9. The van der Waals surface area contributed by atoms with E-state index in [2.05, 4.69) is 0 Å². The van der Waals surface area contributed by atoms with Crippen molar-refractivity contribution in [3.05, 3.63) is 0 Å². The van der Waals surface area contributed by atoms with Crippen LogP contribution in [0.2, 0.25) is 0 Å². The second-order valence-electron chi connectivity index (χ2n) is 2.40. The number of hydrogen-bond donors (Lipinski definition) is 2. The molecule has 0 amide bonds. The average molecular weight is 354 g/mol. The van der Waals surface area contributed by atoms with E-state index in [0.29, 0.717) is 0 Å². The van der Waals surface area contributed by atoms with Gasteiger partial charge in [-0.3, -0.25) is 8.42 Å². The average Bonchev–Trinajstić information content (AvgIpc) is 2.01. The van der Waals surface area contributed by atoms with E-state index in [0.717, 1.165) is 13.8 Å². The van der Waals surface area contributed by atoms with Crippen LogP contribution < -0.4 is 10.2 Å². The molecule has 0 rings (SSSR count). The van der Waals surface area contributed by atoms with Crippen LogP contribution in [0.25, 0.3) is 0 Å². The van der Waals surface area contributed by atoms with Crippen molar-refractivity contribution < 1.29 is 47.5 Å². The quantitative estimate of drug-likeness (QED) is 0.273. The summed E-state index contributed by atoms with van der Waals surface area (Å²) in [5, 5.41) is 34.6. The van der Waals surface area contributed by atoms with Crippen molar-refractivity contribution in [3.8, 4) is 0 Å². The Kier molecular flexibility index (Phi) is 29.4. The number of carbonyl (C=O) groups excluding carboxylic acids is 2. The molecule has 10 nitrogen and oxygen atoms in total. The predicted molar refractivity (Wildman–Crippen MR) is 55.4 cm³/mol. The number of aliphatic carboxylic acids is 2. The third-order valence-electron chi connectivity index (χ3n) is 0.682. The molecule has 2 N–H and O–H groups in total. The summed E-state index contributed by atoms with van der Waals surface area (Å²) in [5.41, 5.74) is 0. The molecule has 0 aromatic rings. The van der Waals surface area contributed by atoms with Crippen LogP contribution in [0.4, 0.5) is 0 Å². The van der Waals surface area contributed by atoms with Crippen molar-refractivity contribution in [2.45, 2.75) is 26.1 Å². The number of aliphatic hydroxyl groups excluding tert-OH is 2. The largest absolute Gasteiger partial charge is 2.00 e. The minimum Gasteiger partial charge on any atom is -0.759 e. The molecule has 0 aromatic carbocycles. The molecule has 0 heterocycles. The summed E-state index contributed by atoms with van der Waals surface area (Å²) in [5.74, 6) is -2.87. The van der Waals surface area contributed by atoms with Crippen LogP contribution in [0.3, 0.4) is 0 Å². The molecule has 0 saturated heterocycles. The predicted octanol–water partition coefficient (Wildman–Crippen LogP) is -5.87. The fourth-order valence-corrected chi connectivity index (χ4v) is 0. The normalized spacial score (nSPS) is 11.7. The van der Waals surface area contributed by atoms with E-state index in [9.17, 15) is 19.8 Å². The Morgan fingerprint density at radius 3 is 0.947 bits per heavy atom. The van der Waals surface area contributed by atoms with Gasteiger partial charge in [0.05, 0.1) is 24.1 Å². The number of rotatable bonds is 2. The molecule has 0 bridgehead atoms. The Morgan fingerprint density at radius 1 is 0.895 bits per heavy atom. The number of carbonyl (C=O) groups is 2. The molecule has 0 aromatic heterocycles. The van der Waals surface area contributed by atoms with Crippen LogP contribution in [0.1, 0.15) is 13.8 Å². The number of carboxylic acids is 2. The van der Waals surface area contributed by atoms with E-state index >= 15 is 0 Å². The van der Waals surface area contributed by atoms with Gasteiger partial charge in [-0.2, -0.15) is 0 Å². The standard InChI is InChI=1S/2C3H6O3.2Ca.H2O4S/c2*1-2(4)3(5)6;;;1-5(2,3)4/h2*2,4H,1H3,(H,5,6);;;(H2,1,2,3,4)/q;;2*+2;/p-4. The first-order chi connectivity index (χ1) is 7.29. The van der Waals surface area contributed by atoms with Crippen molar-refractivity contribution in [2.24, 2.45) is 0 Å². The van der Waals surface area contributed by atoms with E-state index in [1.165, 1.54) is 0 Å². The number of hydrogen-bond acceptors (Lipinski definition) is 10. The first-order valence-corrected chi connectivity index (χ1v) is 5.06. The summed E-state index contributed by atoms with van der Waals surface area (Å²) < 4.78 is 34.1. The van der Waals surface area contributed by atoms with Gasteiger partial charge >= 0.3 is 75.5 Å². The van der Waals surface area contributed by atoms with E-state index < -0.39 is 34.5 Å². The Labute approximate surface area is 169 Å². The van der Waals surface area contributed by atoms with Gasteiger partial charge in [-0.05, 0) is 13.8 Å². The zero-order valence-electron chi connectivity index (χ0n) is 10.1. The summed E-state index contributed by atoms with van der Waals surface area (Å²) in [6.07, 6.45) is -2.69. The molecule has 0 aliphatic rings. The van der Waals surface area contributed by atoms with Gasteiger partial charge in [0.2, 0.25) is 0 Å². The fourth-order valence-electron chi connectivity index (χ4n) is 0. The van der Waals surface area contributed by atoms with Crippen LogP contribution in [0, 0.1) is 0 Å². The molecular weight excluding hydrogens is 344 g/mol. The van der Waals surface area contributed by atoms with E-state index in [1.807, 2.05) is 0 Å². The van der Waals surface area contributed by atoms with Gasteiger partial charge in [-0.1, -0.05) is 0 Å². The molecule has 0 saturated carbocycles. The summed E-state index contributed by atoms with van der Waals surface area (Å²) in [6, 6.07) is 0. The molecule has 2 atom stereocenters.